The second kappa shape index (κ2) is 7.04. The lowest BCUT2D eigenvalue weighted by molar-refractivity contribution is 0.100. The molecule has 2 aromatic rings. The molecule has 0 fully saturated rings. The first kappa shape index (κ1) is 15.9. The largest absolute Gasteiger partial charge is 0.493 e. The number of ketones is 1. The summed E-state index contributed by atoms with van der Waals surface area (Å²) in [5.41, 5.74) is 2.05. The lowest BCUT2D eigenvalue weighted by Crippen LogP contribution is -2.18. The maximum absolute atomic E-state index is 12.6. The van der Waals surface area contributed by atoms with Gasteiger partial charge >= 0.3 is 0 Å². The van der Waals surface area contributed by atoms with Gasteiger partial charge in [-0.1, -0.05) is 30.9 Å². The van der Waals surface area contributed by atoms with Crippen LogP contribution in [0.2, 0.25) is 0 Å². The van der Waals surface area contributed by atoms with Crippen molar-refractivity contribution in [2.45, 2.75) is 0 Å². The van der Waals surface area contributed by atoms with Crippen LogP contribution < -0.4 is 14.2 Å². The van der Waals surface area contributed by atoms with E-state index in [1.54, 1.807) is 25.3 Å². The third-order valence-electron chi connectivity index (χ3n) is 3.69. The number of carbonyl (C=O) groups excluding carboxylic acids is 1. The maximum Gasteiger partial charge on any atom is 0.196 e. The van der Waals surface area contributed by atoms with Crippen molar-refractivity contribution in [2.75, 3.05) is 20.3 Å². The van der Waals surface area contributed by atoms with Gasteiger partial charge < -0.3 is 14.2 Å². The summed E-state index contributed by atoms with van der Waals surface area (Å²) >= 11 is 0. The minimum atomic E-state index is -0.0113. The topological polar surface area (TPSA) is 44.8 Å². The van der Waals surface area contributed by atoms with E-state index in [-0.39, 0.29) is 12.4 Å². The number of Topliss-reactive ketones (excluding diaryl/α,β-unsaturated/α-hetero) is 1. The van der Waals surface area contributed by atoms with Crippen molar-refractivity contribution in [3.05, 3.63) is 71.8 Å². The molecule has 0 radical (unpaired) electrons. The Morgan fingerprint density at radius 3 is 2.83 bits per heavy atom. The second-order valence-electron chi connectivity index (χ2n) is 5.29. The first-order valence-electron chi connectivity index (χ1n) is 7.61. The third kappa shape index (κ3) is 3.18. The predicted octanol–water partition coefficient (Wildman–Crippen LogP) is 3.92. The first-order valence-corrected chi connectivity index (χ1v) is 7.61. The van der Waals surface area contributed by atoms with Gasteiger partial charge in [0.25, 0.3) is 0 Å². The number of fused-ring (bicyclic) bond motifs is 1. The van der Waals surface area contributed by atoms with Crippen LogP contribution in [0, 0.1) is 0 Å². The molecular formula is C20H18O4. The number of hydrogen-bond acceptors (Lipinski definition) is 4. The summed E-state index contributed by atoms with van der Waals surface area (Å²) in [7, 11) is 1.58. The Balaban J connectivity index is 1.89. The molecule has 0 N–H and O–H groups in total. The SMILES string of the molecule is C=CCOc1ccc(C=C2COc3ccccc3C2=O)cc1OC. The van der Waals surface area contributed by atoms with Crippen LogP contribution in [0.1, 0.15) is 15.9 Å². The Bertz CT molecular complexity index is 805. The molecule has 1 aliphatic heterocycles. The van der Waals surface area contributed by atoms with Crippen LogP contribution in [-0.4, -0.2) is 26.1 Å². The molecule has 122 valence electrons. The Hall–Kier alpha value is -3.01. The van der Waals surface area contributed by atoms with E-state index in [2.05, 4.69) is 6.58 Å². The van der Waals surface area contributed by atoms with E-state index in [4.69, 9.17) is 14.2 Å². The number of benzene rings is 2. The standard InChI is InChI=1S/C20H18O4/c1-3-10-23-18-9-8-14(12-19(18)22-2)11-15-13-24-17-7-5-4-6-16(17)20(15)21/h3-9,11-12H,1,10,13H2,2H3. The molecule has 4 heteroatoms. The first-order chi connectivity index (χ1) is 11.7. The normalized spacial score (nSPS) is 14.7. The van der Waals surface area contributed by atoms with E-state index in [0.717, 1.165) is 5.56 Å². The van der Waals surface area contributed by atoms with Crippen molar-refractivity contribution >= 4 is 11.9 Å². The summed E-state index contributed by atoms with van der Waals surface area (Å²) in [6.07, 6.45) is 3.49. The molecule has 0 spiro atoms. The number of methoxy groups -OCH3 is 1. The van der Waals surface area contributed by atoms with Crippen LogP contribution in [0.3, 0.4) is 0 Å². The Morgan fingerprint density at radius 2 is 2.04 bits per heavy atom. The predicted molar refractivity (Wildman–Crippen MR) is 92.9 cm³/mol. The number of ether oxygens (including phenoxy) is 3. The molecule has 0 unspecified atom stereocenters. The average Bonchev–Trinajstić information content (AvgIpc) is 2.63. The fourth-order valence-corrected chi connectivity index (χ4v) is 2.52. The van der Waals surface area contributed by atoms with Gasteiger partial charge in [0.15, 0.2) is 17.3 Å². The van der Waals surface area contributed by atoms with Crippen molar-refractivity contribution in [2.24, 2.45) is 0 Å². The van der Waals surface area contributed by atoms with E-state index in [1.807, 2.05) is 36.4 Å². The van der Waals surface area contributed by atoms with E-state index in [0.29, 0.717) is 35.0 Å². The summed E-state index contributed by atoms with van der Waals surface area (Å²) in [5, 5.41) is 0. The summed E-state index contributed by atoms with van der Waals surface area (Å²) < 4.78 is 16.5. The highest BCUT2D eigenvalue weighted by molar-refractivity contribution is 6.14. The average molecular weight is 322 g/mol. The lowest BCUT2D eigenvalue weighted by atomic mass is 9.98. The summed E-state index contributed by atoms with van der Waals surface area (Å²) in [6, 6.07) is 12.8. The van der Waals surface area contributed by atoms with Crippen LogP contribution >= 0.6 is 0 Å². The van der Waals surface area contributed by atoms with Gasteiger partial charge in [0, 0.05) is 5.57 Å². The van der Waals surface area contributed by atoms with Crippen LogP contribution in [0.25, 0.3) is 6.08 Å². The quantitative estimate of drug-likeness (QED) is 0.618. The lowest BCUT2D eigenvalue weighted by Gasteiger charge is -2.18. The number of carbonyl (C=O) groups is 1. The molecule has 1 aliphatic rings. The summed E-state index contributed by atoms with van der Waals surface area (Å²) in [6.45, 7) is 4.29. The van der Waals surface area contributed by atoms with Crippen molar-refractivity contribution in [1.29, 1.82) is 0 Å². The fraction of sp³-hybridized carbons (Fsp3) is 0.150. The smallest absolute Gasteiger partial charge is 0.196 e. The van der Waals surface area contributed by atoms with Crippen LogP contribution in [0.5, 0.6) is 17.2 Å². The second-order valence-corrected chi connectivity index (χ2v) is 5.29. The Morgan fingerprint density at radius 1 is 1.21 bits per heavy atom. The van der Waals surface area contributed by atoms with Crippen molar-refractivity contribution in [3.8, 4) is 17.2 Å². The van der Waals surface area contributed by atoms with Crippen molar-refractivity contribution in [3.63, 3.8) is 0 Å². The molecule has 4 nitrogen and oxygen atoms in total. The van der Waals surface area contributed by atoms with Gasteiger partial charge in [-0.05, 0) is 35.9 Å². The molecule has 3 rings (SSSR count). The van der Waals surface area contributed by atoms with Gasteiger partial charge in [-0.2, -0.15) is 0 Å². The van der Waals surface area contributed by atoms with Crippen LogP contribution in [0.15, 0.2) is 60.7 Å². The van der Waals surface area contributed by atoms with Gasteiger partial charge in [0.2, 0.25) is 0 Å². The zero-order valence-electron chi connectivity index (χ0n) is 13.5. The minimum absolute atomic E-state index is 0.0113. The summed E-state index contributed by atoms with van der Waals surface area (Å²) in [5.74, 6) is 1.86. The highest BCUT2D eigenvalue weighted by Crippen LogP contribution is 2.31. The highest BCUT2D eigenvalue weighted by Gasteiger charge is 2.22. The zero-order valence-corrected chi connectivity index (χ0v) is 13.5. The van der Waals surface area contributed by atoms with Gasteiger partial charge in [0.1, 0.15) is 19.0 Å². The Kier molecular flexibility index (Phi) is 4.66. The molecule has 0 aliphatic carbocycles. The van der Waals surface area contributed by atoms with Crippen molar-refractivity contribution in [1.82, 2.24) is 0 Å². The van der Waals surface area contributed by atoms with E-state index in [1.165, 1.54) is 0 Å². The summed E-state index contributed by atoms with van der Waals surface area (Å²) in [4.78, 5) is 12.6. The molecule has 24 heavy (non-hydrogen) atoms. The van der Waals surface area contributed by atoms with Crippen LogP contribution in [0.4, 0.5) is 0 Å². The molecular weight excluding hydrogens is 304 g/mol. The molecule has 1 heterocycles. The van der Waals surface area contributed by atoms with E-state index >= 15 is 0 Å². The van der Waals surface area contributed by atoms with E-state index in [9.17, 15) is 4.79 Å². The van der Waals surface area contributed by atoms with Gasteiger partial charge in [-0.3, -0.25) is 4.79 Å². The number of para-hydroxylation sites is 1. The molecule has 0 atom stereocenters. The zero-order chi connectivity index (χ0) is 16.9. The Labute approximate surface area is 141 Å². The molecule has 0 aromatic heterocycles. The van der Waals surface area contributed by atoms with Crippen LogP contribution in [-0.2, 0) is 0 Å². The fourth-order valence-electron chi connectivity index (χ4n) is 2.52. The highest BCUT2D eigenvalue weighted by atomic mass is 16.5. The minimum Gasteiger partial charge on any atom is -0.493 e. The van der Waals surface area contributed by atoms with Crippen molar-refractivity contribution < 1.29 is 19.0 Å². The number of rotatable bonds is 5. The molecule has 0 saturated heterocycles. The van der Waals surface area contributed by atoms with Gasteiger partial charge in [0.05, 0.1) is 12.7 Å². The molecule has 2 aromatic carbocycles. The van der Waals surface area contributed by atoms with Gasteiger partial charge in [-0.25, -0.2) is 0 Å². The third-order valence-corrected chi connectivity index (χ3v) is 3.69. The monoisotopic (exact) mass is 322 g/mol. The molecule has 0 bridgehead atoms. The molecule has 0 saturated carbocycles. The van der Waals surface area contributed by atoms with E-state index < -0.39 is 0 Å². The maximum atomic E-state index is 12.6. The molecule has 0 amide bonds. The van der Waals surface area contributed by atoms with Gasteiger partial charge in [-0.15, -0.1) is 0 Å². The number of hydrogen-bond donors (Lipinski definition) is 0.